The lowest BCUT2D eigenvalue weighted by atomic mass is 10.1. The van der Waals surface area contributed by atoms with Crippen LogP contribution in [0.3, 0.4) is 0 Å². The van der Waals surface area contributed by atoms with Gasteiger partial charge in [-0.2, -0.15) is 0 Å². The molecule has 0 spiro atoms. The second kappa shape index (κ2) is 10.3. The summed E-state index contributed by atoms with van der Waals surface area (Å²) in [6, 6.07) is 10.7. The zero-order valence-corrected chi connectivity index (χ0v) is 17.9. The summed E-state index contributed by atoms with van der Waals surface area (Å²) in [4.78, 5) is 49.5. The molecule has 3 aromatic rings. The molecule has 0 unspecified atom stereocenters. The zero-order chi connectivity index (χ0) is 23.2. The number of halogens is 1. The van der Waals surface area contributed by atoms with E-state index < -0.39 is 17.2 Å². The van der Waals surface area contributed by atoms with Crippen molar-refractivity contribution in [3.63, 3.8) is 0 Å². The number of morpholine rings is 1. The number of H-pyrrole nitrogens is 2. The number of pyridine rings is 1. The Morgan fingerprint density at radius 1 is 1.12 bits per heavy atom. The first-order chi connectivity index (χ1) is 16.0. The predicted molar refractivity (Wildman–Crippen MR) is 119 cm³/mol. The monoisotopic (exact) mass is 453 g/mol. The van der Waals surface area contributed by atoms with Crippen molar-refractivity contribution >= 4 is 5.91 Å². The molecule has 0 aliphatic carbocycles. The summed E-state index contributed by atoms with van der Waals surface area (Å²) in [5.74, 6) is -0.822. The molecule has 2 N–H and O–H groups in total. The zero-order valence-electron chi connectivity index (χ0n) is 17.9. The highest BCUT2D eigenvalue weighted by atomic mass is 19.1. The van der Waals surface area contributed by atoms with Gasteiger partial charge in [0.1, 0.15) is 11.5 Å². The maximum absolute atomic E-state index is 13.4. The van der Waals surface area contributed by atoms with Crippen LogP contribution in [0.2, 0.25) is 0 Å². The topological polar surface area (TPSA) is 111 Å². The fourth-order valence-electron chi connectivity index (χ4n) is 3.73. The van der Waals surface area contributed by atoms with Crippen molar-refractivity contribution in [2.24, 2.45) is 0 Å². The summed E-state index contributed by atoms with van der Waals surface area (Å²) in [5, 5.41) is 0. The van der Waals surface area contributed by atoms with Crippen LogP contribution in [-0.4, -0.2) is 70.1 Å². The molecule has 33 heavy (non-hydrogen) atoms. The van der Waals surface area contributed by atoms with E-state index in [-0.39, 0.29) is 18.1 Å². The highest BCUT2D eigenvalue weighted by molar-refractivity contribution is 5.92. The van der Waals surface area contributed by atoms with Crippen LogP contribution in [0, 0.1) is 5.82 Å². The van der Waals surface area contributed by atoms with Crippen LogP contribution in [0.5, 0.6) is 0 Å². The quantitative estimate of drug-likeness (QED) is 0.557. The number of hydrogen-bond donors (Lipinski definition) is 2. The lowest BCUT2D eigenvalue weighted by molar-refractivity contribution is 0.0319. The Balaban J connectivity index is 1.63. The Labute approximate surface area is 188 Å². The normalized spacial score (nSPS) is 14.2. The van der Waals surface area contributed by atoms with E-state index in [1.54, 1.807) is 29.3 Å². The lowest BCUT2D eigenvalue weighted by Gasteiger charge is -2.30. The lowest BCUT2D eigenvalue weighted by Crippen LogP contribution is -2.43. The van der Waals surface area contributed by atoms with Gasteiger partial charge >= 0.3 is 5.69 Å². The molecule has 1 saturated heterocycles. The average molecular weight is 453 g/mol. The van der Waals surface area contributed by atoms with Crippen LogP contribution < -0.4 is 11.2 Å². The molecular weight excluding hydrogens is 429 g/mol. The SMILES string of the molecule is O=C(c1cc(=O)[nH]c(=O)[nH]1)N(CCN1CCOCC1)Cc1cccnc1-c1ccc(F)cc1. The molecule has 1 amide bonds. The van der Waals surface area contributed by atoms with E-state index in [0.717, 1.165) is 30.3 Å². The van der Waals surface area contributed by atoms with Crippen LogP contribution >= 0.6 is 0 Å². The van der Waals surface area contributed by atoms with Crippen molar-refractivity contribution in [3.8, 4) is 11.3 Å². The van der Waals surface area contributed by atoms with Gasteiger partial charge in [-0.15, -0.1) is 0 Å². The van der Waals surface area contributed by atoms with Crippen LogP contribution in [0.1, 0.15) is 16.1 Å². The molecule has 0 bridgehead atoms. The highest BCUT2D eigenvalue weighted by Gasteiger charge is 2.21. The van der Waals surface area contributed by atoms with Gasteiger partial charge in [-0.05, 0) is 35.9 Å². The molecular formula is C23H24FN5O4. The van der Waals surface area contributed by atoms with Crippen LogP contribution in [0.25, 0.3) is 11.3 Å². The fraction of sp³-hybridized carbons (Fsp3) is 0.304. The van der Waals surface area contributed by atoms with Crippen LogP contribution in [-0.2, 0) is 11.3 Å². The largest absolute Gasteiger partial charge is 0.379 e. The molecule has 4 rings (SSSR count). The van der Waals surface area contributed by atoms with Crippen LogP contribution in [0.4, 0.5) is 4.39 Å². The molecule has 0 atom stereocenters. The van der Waals surface area contributed by atoms with Crippen molar-refractivity contribution in [2.75, 3.05) is 39.4 Å². The summed E-state index contributed by atoms with van der Waals surface area (Å²) in [7, 11) is 0. The van der Waals surface area contributed by atoms with Crippen molar-refractivity contribution in [1.82, 2.24) is 24.8 Å². The molecule has 1 aromatic carbocycles. The summed E-state index contributed by atoms with van der Waals surface area (Å²) in [5.41, 5.74) is 0.624. The first-order valence-corrected chi connectivity index (χ1v) is 10.6. The Kier molecular flexibility index (Phi) is 7.06. The van der Waals surface area contributed by atoms with E-state index in [4.69, 9.17) is 4.74 Å². The molecule has 2 aromatic heterocycles. The van der Waals surface area contributed by atoms with E-state index in [0.29, 0.717) is 32.0 Å². The van der Waals surface area contributed by atoms with Gasteiger partial charge in [-0.3, -0.25) is 24.5 Å². The van der Waals surface area contributed by atoms with Gasteiger partial charge in [-0.25, -0.2) is 9.18 Å². The first-order valence-electron chi connectivity index (χ1n) is 10.6. The molecule has 0 saturated carbocycles. The van der Waals surface area contributed by atoms with Gasteiger partial charge in [0.25, 0.3) is 11.5 Å². The smallest absolute Gasteiger partial charge is 0.326 e. The van der Waals surface area contributed by atoms with Crippen molar-refractivity contribution in [2.45, 2.75) is 6.54 Å². The molecule has 10 heteroatoms. The first kappa shape index (κ1) is 22.6. The predicted octanol–water partition coefficient (Wildman–Crippen LogP) is 1.24. The third-order valence-corrected chi connectivity index (χ3v) is 5.44. The van der Waals surface area contributed by atoms with E-state index in [9.17, 15) is 18.8 Å². The number of benzene rings is 1. The summed E-state index contributed by atoms with van der Waals surface area (Å²) in [6.45, 7) is 3.95. The molecule has 0 radical (unpaired) electrons. The minimum absolute atomic E-state index is 0.0852. The Hall–Kier alpha value is -3.63. The van der Waals surface area contributed by atoms with Crippen LogP contribution in [0.15, 0.2) is 58.3 Å². The Morgan fingerprint density at radius 2 is 1.88 bits per heavy atom. The number of aromatic nitrogens is 3. The number of rotatable bonds is 7. The summed E-state index contributed by atoms with van der Waals surface area (Å²) in [6.07, 6.45) is 1.64. The maximum Gasteiger partial charge on any atom is 0.326 e. The van der Waals surface area contributed by atoms with E-state index in [2.05, 4.69) is 19.9 Å². The molecule has 172 valence electrons. The number of nitrogens with one attached hydrogen (secondary N) is 2. The number of amides is 1. The second-order valence-electron chi connectivity index (χ2n) is 7.70. The van der Waals surface area contributed by atoms with Crippen molar-refractivity contribution < 1.29 is 13.9 Å². The van der Waals surface area contributed by atoms with Gasteiger partial charge in [0.15, 0.2) is 0 Å². The van der Waals surface area contributed by atoms with Gasteiger partial charge in [-0.1, -0.05) is 6.07 Å². The molecule has 1 aliphatic heterocycles. The van der Waals surface area contributed by atoms with E-state index in [1.165, 1.54) is 12.1 Å². The van der Waals surface area contributed by atoms with Gasteiger partial charge in [0.05, 0.1) is 18.9 Å². The fourth-order valence-corrected chi connectivity index (χ4v) is 3.73. The number of carbonyl (C=O) groups excluding carboxylic acids is 1. The third-order valence-electron chi connectivity index (χ3n) is 5.44. The van der Waals surface area contributed by atoms with Gasteiger partial charge in [0.2, 0.25) is 0 Å². The van der Waals surface area contributed by atoms with Crippen molar-refractivity contribution in [1.29, 1.82) is 0 Å². The molecule has 1 aliphatic rings. The Bertz CT molecular complexity index is 1190. The number of carbonyl (C=O) groups is 1. The Morgan fingerprint density at radius 3 is 2.61 bits per heavy atom. The van der Waals surface area contributed by atoms with Crippen molar-refractivity contribution in [3.05, 3.63) is 86.6 Å². The second-order valence-corrected chi connectivity index (χ2v) is 7.70. The number of nitrogens with zero attached hydrogens (tertiary/aromatic N) is 3. The van der Waals surface area contributed by atoms with Gasteiger partial charge in [0, 0.05) is 50.6 Å². The summed E-state index contributed by atoms with van der Waals surface area (Å²) < 4.78 is 18.8. The third kappa shape index (κ3) is 5.79. The number of aromatic amines is 2. The average Bonchev–Trinajstić information content (AvgIpc) is 2.82. The van der Waals surface area contributed by atoms with E-state index in [1.807, 2.05) is 6.07 Å². The highest BCUT2D eigenvalue weighted by Crippen LogP contribution is 2.23. The molecule has 1 fully saturated rings. The minimum Gasteiger partial charge on any atom is -0.379 e. The number of hydrogen-bond acceptors (Lipinski definition) is 6. The maximum atomic E-state index is 13.4. The standard InChI is InChI=1S/C23H24FN5O4/c24-18-5-3-16(4-6-18)21-17(2-1-7-25-21)15-29(9-8-28-10-12-33-13-11-28)22(31)19-14-20(30)27-23(32)26-19/h1-7,14H,8-13,15H2,(H2,26,27,30,32). The summed E-state index contributed by atoms with van der Waals surface area (Å²) >= 11 is 0. The minimum atomic E-state index is -0.743. The molecule has 3 heterocycles. The molecule has 9 nitrogen and oxygen atoms in total. The van der Waals surface area contributed by atoms with Gasteiger partial charge < -0.3 is 14.6 Å². The van der Waals surface area contributed by atoms with E-state index >= 15 is 0 Å². The number of ether oxygens (including phenoxy) is 1.